The SMILES string of the molecule is CC(C)(CCO)CNC(=O)C1(c2cccc(C(F)(F)F)c2)CC1. The molecule has 23 heavy (non-hydrogen) atoms. The van der Waals surface area contributed by atoms with Gasteiger partial charge in [0.2, 0.25) is 5.91 Å². The van der Waals surface area contributed by atoms with Gasteiger partial charge < -0.3 is 10.4 Å². The van der Waals surface area contributed by atoms with Gasteiger partial charge in [-0.05, 0) is 36.3 Å². The van der Waals surface area contributed by atoms with Crippen LogP contribution >= 0.6 is 0 Å². The maximum atomic E-state index is 12.8. The van der Waals surface area contributed by atoms with Gasteiger partial charge >= 0.3 is 6.18 Å². The van der Waals surface area contributed by atoms with Gasteiger partial charge in [0.05, 0.1) is 11.0 Å². The normalized spacial score (nSPS) is 17.0. The first kappa shape index (κ1) is 17.8. The standard InChI is InChI=1S/C17H22F3NO2/c1-15(2,8-9-22)11-21-14(23)16(6-7-16)12-4-3-5-13(10-12)17(18,19)20/h3-5,10,22H,6-9,11H2,1-2H3,(H,21,23). The Kier molecular flexibility index (Phi) is 4.76. The summed E-state index contributed by atoms with van der Waals surface area (Å²) in [5, 5.41) is 11.8. The second-order valence-corrected chi connectivity index (χ2v) is 6.98. The Morgan fingerprint density at radius 2 is 1.96 bits per heavy atom. The maximum Gasteiger partial charge on any atom is 0.416 e. The fraction of sp³-hybridized carbons (Fsp3) is 0.588. The van der Waals surface area contributed by atoms with Crippen LogP contribution in [-0.2, 0) is 16.4 Å². The zero-order chi connectivity index (χ0) is 17.3. The van der Waals surface area contributed by atoms with Gasteiger partial charge in [-0.15, -0.1) is 0 Å². The topological polar surface area (TPSA) is 49.3 Å². The Hall–Kier alpha value is -1.56. The summed E-state index contributed by atoms with van der Waals surface area (Å²) < 4.78 is 38.5. The molecule has 0 saturated heterocycles. The minimum absolute atomic E-state index is 0.0294. The fourth-order valence-electron chi connectivity index (χ4n) is 2.64. The van der Waals surface area contributed by atoms with E-state index in [0.717, 1.165) is 12.1 Å². The van der Waals surface area contributed by atoms with Crippen LogP contribution in [0, 0.1) is 5.41 Å². The van der Waals surface area contributed by atoms with Gasteiger partial charge in [0.1, 0.15) is 0 Å². The first-order valence-corrected chi connectivity index (χ1v) is 7.68. The van der Waals surface area contributed by atoms with Crippen LogP contribution in [0.3, 0.4) is 0 Å². The van der Waals surface area contributed by atoms with Crippen LogP contribution in [0.5, 0.6) is 0 Å². The smallest absolute Gasteiger partial charge is 0.396 e. The second-order valence-electron chi connectivity index (χ2n) is 6.98. The molecule has 0 aliphatic heterocycles. The molecule has 0 aromatic heterocycles. The number of carbonyl (C=O) groups excluding carboxylic acids is 1. The summed E-state index contributed by atoms with van der Waals surface area (Å²) in [6, 6.07) is 5.02. The van der Waals surface area contributed by atoms with Crippen LogP contribution < -0.4 is 5.32 Å². The molecule has 2 rings (SSSR count). The molecular weight excluding hydrogens is 307 g/mol. The lowest BCUT2D eigenvalue weighted by molar-refractivity contribution is -0.137. The third-order valence-electron chi connectivity index (χ3n) is 4.44. The van der Waals surface area contributed by atoms with Crippen LogP contribution in [-0.4, -0.2) is 24.2 Å². The predicted octanol–water partition coefficient (Wildman–Crippen LogP) is 3.26. The fourth-order valence-corrected chi connectivity index (χ4v) is 2.64. The van der Waals surface area contributed by atoms with Crippen LogP contribution in [0.2, 0.25) is 0 Å². The summed E-state index contributed by atoms with van der Waals surface area (Å²) in [5.41, 5.74) is -1.40. The number of hydrogen-bond acceptors (Lipinski definition) is 2. The van der Waals surface area contributed by atoms with Crippen molar-refractivity contribution in [1.82, 2.24) is 5.32 Å². The summed E-state index contributed by atoms with van der Waals surface area (Å²) >= 11 is 0. The molecule has 1 aromatic rings. The van der Waals surface area contributed by atoms with Crippen molar-refractivity contribution >= 4 is 5.91 Å². The number of amides is 1. The first-order valence-electron chi connectivity index (χ1n) is 7.68. The largest absolute Gasteiger partial charge is 0.416 e. The molecule has 0 spiro atoms. The number of aliphatic hydroxyl groups is 1. The van der Waals surface area contributed by atoms with Crippen molar-refractivity contribution in [1.29, 1.82) is 0 Å². The highest BCUT2D eigenvalue weighted by molar-refractivity contribution is 5.91. The molecule has 1 saturated carbocycles. The molecule has 1 aliphatic carbocycles. The van der Waals surface area contributed by atoms with E-state index in [1.54, 1.807) is 6.07 Å². The lowest BCUT2D eigenvalue weighted by Gasteiger charge is -2.26. The summed E-state index contributed by atoms with van der Waals surface area (Å²) in [7, 11) is 0. The van der Waals surface area contributed by atoms with Gasteiger partial charge in [-0.1, -0.05) is 32.0 Å². The Morgan fingerprint density at radius 1 is 1.30 bits per heavy atom. The summed E-state index contributed by atoms with van der Waals surface area (Å²) in [5.74, 6) is -0.233. The van der Waals surface area contributed by atoms with E-state index in [-0.39, 0.29) is 17.9 Å². The van der Waals surface area contributed by atoms with Gasteiger partial charge in [0, 0.05) is 13.2 Å². The monoisotopic (exact) mass is 329 g/mol. The Morgan fingerprint density at radius 3 is 2.48 bits per heavy atom. The molecule has 0 radical (unpaired) electrons. The minimum Gasteiger partial charge on any atom is -0.396 e. The third-order valence-corrected chi connectivity index (χ3v) is 4.44. The van der Waals surface area contributed by atoms with Gasteiger partial charge in [-0.2, -0.15) is 13.2 Å². The summed E-state index contributed by atoms with van der Waals surface area (Å²) in [6.07, 6.45) is -2.75. The molecule has 3 nitrogen and oxygen atoms in total. The quantitative estimate of drug-likeness (QED) is 0.842. The number of benzene rings is 1. The molecule has 0 unspecified atom stereocenters. The molecular formula is C17H22F3NO2. The molecule has 0 bridgehead atoms. The maximum absolute atomic E-state index is 12.8. The van der Waals surface area contributed by atoms with E-state index in [4.69, 9.17) is 5.11 Å². The van der Waals surface area contributed by atoms with Crippen molar-refractivity contribution in [3.05, 3.63) is 35.4 Å². The van der Waals surface area contributed by atoms with E-state index in [1.807, 2.05) is 13.8 Å². The van der Waals surface area contributed by atoms with E-state index >= 15 is 0 Å². The molecule has 0 atom stereocenters. The molecule has 128 valence electrons. The van der Waals surface area contributed by atoms with Gasteiger partial charge in [0.25, 0.3) is 0 Å². The number of nitrogens with one attached hydrogen (secondary N) is 1. The number of aliphatic hydroxyl groups excluding tert-OH is 1. The van der Waals surface area contributed by atoms with Crippen molar-refractivity contribution < 1.29 is 23.1 Å². The zero-order valence-corrected chi connectivity index (χ0v) is 13.3. The van der Waals surface area contributed by atoms with Crippen LogP contribution in [0.15, 0.2) is 24.3 Å². The van der Waals surface area contributed by atoms with E-state index in [9.17, 15) is 18.0 Å². The number of alkyl halides is 3. The van der Waals surface area contributed by atoms with E-state index in [2.05, 4.69) is 5.32 Å². The first-order chi connectivity index (χ1) is 10.6. The van der Waals surface area contributed by atoms with E-state index < -0.39 is 17.2 Å². The van der Waals surface area contributed by atoms with Crippen LogP contribution in [0.4, 0.5) is 13.2 Å². The molecule has 2 N–H and O–H groups in total. The molecule has 6 heteroatoms. The van der Waals surface area contributed by atoms with Crippen LogP contribution in [0.25, 0.3) is 0 Å². The summed E-state index contributed by atoms with van der Waals surface area (Å²) in [4.78, 5) is 12.5. The molecule has 0 heterocycles. The van der Waals surface area contributed by atoms with Crippen LogP contribution in [0.1, 0.15) is 44.2 Å². The number of rotatable bonds is 6. The lowest BCUT2D eigenvalue weighted by atomic mass is 9.88. The summed E-state index contributed by atoms with van der Waals surface area (Å²) in [6.45, 7) is 4.26. The highest BCUT2D eigenvalue weighted by Gasteiger charge is 2.51. The van der Waals surface area contributed by atoms with Crippen molar-refractivity contribution in [3.63, 3.8) is 0 Å². The average Bonchev–Trinajstić information content (AvgIpc) is 3.26. The molecule has 1 aliphatic rings. The van der Waals surface area contributed by atoms with Crippen molar-refractivity contribution in [2.75, 3.05) is 13.2 Å². The van der Waals surface area contributed by atoms with Crippen molar-refractivity contribution in [3.8, 4) is 0 Å². The molecule has 1 aromatic carbocycles. The minimum atomic E-state index is -4.41. The zero-order valence-electron chi connectivity index (χ0n) is 13.3. The lowest BCUT2D eigenvalue weighted by Crippen LogP contribution is -2.40. The van der Waals surface area contributed by atoms with Crippen molar-refractivity contribution in [2.45, 2.75) is 44.7 Å². The Bertz CT molecular complexity index is 577. The van der Waals surface area contributed by atoms with E-state index in [1.165, 1.54) is 6.07 Å². The second kappa shape index (κ2) is 6.15. The number of hydrogen-bond donors (Lipinski definition) is 2. The Balaban J connectivity index is 2.12. The highest BCUT2D eigenvalue weighted by atomic mass is 19.4. The molecule has 1 amide bonds. The Labute approximate surface area is 133 Å². The van der Waals surface area contributed by atoms with Gasteiger partial charge in [-0.25, -0.2) is 0 Å². The van der Waals surface area contributed by atoms with E-state index in [0.29, 0.717) is 31.4 Å². The highest BCUT2D eigenvalue weighted by Crippen LogP contribution is 2.49. The predicted molar refractivity (Wildman–Crippen MR) is 80.8 cm³/mol. The number of halogens is 3. The van der Waals surface area contributed by atoms with Gasteiger partial charge in [-0.3, -0.25) is 4.79 Å². The average molecular weight is 329 g/mol. The van der Waals surface area contributed by atoms with Gasteiger partial charge in [0.15, 0.2) is 0 Å². The molecule has 1 fully saturated rings. The number of carbonyl (C=O) groups is 1. The third kappa shape index (κ3) is 4.05. The van der Waals surface area contributed by atoms with Crippen molar-refractivity contribution in [2.24, 2.45) is 5.41 Å².